The molecule has 5 nitrogen and oxygen atoms in total. The maximum atomic E-state index is 12.3. The van der Waals surface area contributed by atoms with Crippen molar-refractivity contribution in [2.75, 3.05) is 19.5 Å². The fraction of sp³-hybridized carbons (Fsp3) is 0.292. The number of rotatable bonds is 4. The van der Waals surface area contributed by atoms with E-state index in [0.29, 0.717) is 16.3 Å². The van der Waals surface area contributed by atoms with Crippen molar-refractivity contribution in [2.24, 2.45) is 5.92 Å². The zero-order valence-corrected chi connectivity index (χ0v) is 18.2. The van der Waals surface area contributed by atoms with E-state index >= 15 is 0 Å². The molecular formula is C24H23BN2O3S. The number of sulfone groups is 1. The lowest BCUT2D eigenvalue weighted by Crippen LogP contribution is -2.27. The summed E-state index contributed by atoms with van der Waals surface area (Å²) in [4.78, 5) is 4.92. The van der Waals surface area contributed by atoms with Crippen molar-refractivity contribution in [2.45, 2.75) is 23.8 Å². The largest absolute Gasteiger partial charge is 0.381 e. The van der Waals surface area contributed by atoms with Gasteiger partial charge >= 0.3 is 0 Å². The predicted molar refractivity (Wildman–Crippen MR) is 124 cm³/mol. The summed E-state index contributed by atoms with van der Waals surface area (Å²) >= 11 is 0. The van der Waals surface area contributed by atoms with Gasteiger partial charge < -0.3 is 9.30 Å². The molecule has 0 N–H and O–H groups in total. The Morgan fingerprint density at radius 1 is 1.06 bits per heavy atom. The summed E-state index contributed by atoms with van der Waals surface area (Å²) in [6.07, 6.45) is 4.76. The second-order valence-corrected chi connectivity index (χ2v) is 10.3. The van der Waals surface area contributed by atoms with Crippen molar-refractivity contribution in [1.82, 2.24) is 9.55 Å². The molecule has 0 spiro atoms. The Balaban J connectivity index is 1.87. The quantitative estimate of drug-likeness (QED) is 0.466. The highest BCUT2D eigenvalue weighted by atomic mass is 32.2. The van der Waals surface area contributed by atoms with Crippen LogP contribution in [0.5, 0.6) is 0 Å². The van der Waals surface area contributed by atoms with E-state index in [4.69, 9.17) is 12.6 Å². The molecule has 2 aromatic heterocycles. The van der Waals surface area contributed by atoms with Crippen molar-refractivity contribution < 1.29 is 13.2 Å². The van der Waals surface area contributed by atoms with Gasteiger partial charge in [-0.05, 0) is 48.6 Å². The van der Waals surface area contributed by atoms with Gasteiger partial charge in [-0.25, -0.2) is 8.42 Å². The monoisotopic (exact) mass is 430 g/mol. The van der Waals surface area contributed by atoms with Gasteiger partial charge in [-0.2, -0.15) is 0 Å². The van der Waals surface area contributed by atoms with Gasteiger partial charge in [-0.1, -0.05) is 35.8 Å². The van der Waals surface area contributed by atoms with Crippen LogP contribution in [0.4, 0.5) is 0 Å². The summed E-state index contributed by atoms with van der Waals surface area (Å²) in [7, 11) is 2.79. The fourth-order valence-corrected chi connectivity index (χ4v) is 5.39. The van der Waals surface area contributed by atoms with Crippen LogP contribution in [0.1, 0.15) is 24.4 Å². The summed E-state index contributed by atoms with van der Waals surface area (Å²) in [6.45, 7) is 1.44. The van der Waals surface area contributed by atoms with Crippen LogP contribution in [0, 0.1) is 5.92 Å². The van der Waals surface area contributed by atoms with Gasteiger partial charge in [-0.15, -0.1) is 0 Å². The minimum Gasteiger partial charge on any atom is -0.381 e. The standard InChI is InChI=1S/C24H23BN2O3S/c1-31(28,29)19-7-8-20-21(14-19)27(22-13-18(25)15-26-23(20)22)24(16-5-3-2-4-6-16)17-9-11-30-12-10-17/h2-8,13-15,17,24H,9-12H2,1H3/t24-/m1/s1. The van der Waals surface area contributed by atoms with Crippen molar-refractivity contribution in [3.05, 3.63) is 66.4 Å². The Labute approximate surface area is 183 Å². The van der Waals surface area contributed by atoms with Crippen LogP contribution >= 0.6 is 0 Å². The molecule has 0 unspecified atom stereocenters. The van der Waals surface area contributed by atoms with Crippen LogP contribution in [0.25, 0.3) is 21.9 Å². The highest BCUT2D eigenvalue weighted by molar-refractivity contribution is 7.90. The Morgan fingerprint density at radius 2 is 1.81 bits per heavy atom. The van der Waals surface area contributed by atoms with Crippen LogP contribution in [-0.2, 0) is 14.6 Å². The summed E-state index contributed by atoms with van der Waals surface area (Å²) in [5.41, 5.74) is 4.37. The highest BCUT2D eigenvalue weighted by Crippen LogP contribution is 2.40. The SMILES string of the molecule is [B]c1cnc2c3ccc(S(C)(=O)=O)cc3n([C@H](c3ccccc3)C3CCOCC3)c2c1. The van der Waals surface area contributed by atoms with Crippen molar-refractivity contribution in [3.63, 3.8) is 0 Å². The molecule has 1 saturated heterocycles. The first-order valence-electron chi connectivity index (χ1n) is 10.5. The zero-order chi connectivity index (χ0) is 21.6. The second-order valence-electron chi connectivity index (χ2n) is 8.26. The van der Waals surface area contributed by atoms with E-state index < -0.39 is 9.84 Å². The molecule has 1 aliphatic rings. The molecule has 4 aromatic rings. The molecule has 2 aromatic carbocycles. The van der Waals surface area contributed by atoms with E-state index in [9.17, 15) is 8.42 Å². The summed E-state index contributed by atoms with van der Waals surface area (Å²) in [5, 5.41) is 0.926. The van der Waals surface area contributed by atoms with E-state index in [1.165, 1.54) is 11.8 Å². The zero-order valence-electron chi connectivity index (χ0n) is 17.4. The maximum Gasteiger partial charge on any atom is 0.175 e. The number of aromatic nitrogens is 2. The molecular weight excluding hydrogens is 407 g/mol. The molecule has 3 heterocycles. The van der Waals surface area contributed by atoms with E-state index in [-0.39, 0.29) is 6.04 Å². The molecule has 7 heteroatoms. The van der Waals surface area contributed by atoms with E-state index in [1.54, 1.807) is 18.3 Å². The minimum atomic E-state index is -3.35. The Morgan fingerprint density at radius 3 is 2.52 bits per heavy atom. The smallest absolute Gasteiger partial charge is 0.175 e. The molecule has 2 radical (unpaired) electrons. The Hall–Kier alpha value is -2.64. The minimum absolute atomic E-state index is 0.0171. The van der Waals surface area contributed by atoms with E-state index in [0.717, 1.165) is 48.0 Å². The molecule has 1 fully saturated rings. The van der Waals surface area contributed by atoms with Gasteiger partial charge in [0.2, 0.25) is 0 Å². The number of hydrogen-bond donors (Lipinski definition) is 0. The number of benzene rings is 2. The number of hydrogen-bond acceptors (Lipinski definition) is 4. The third-order valence-electron chi connectivity index (χ3n) is 6.19. The van der Waals surface area contributed by atoms with Crippen LogP contribution in [0.3, 0.4) is 0 Å². The van der Waals surface area contributed by atoms with Crippen molar-refractivity contribution >= 4 is 45.1 Å². The lowest BCUT2D eigenvalue weighted by atomic mass is 9.86. The normalized spacial score (nSPS) is 16.7. The van der Waals surface area contributed by atoms with E-state index in [2.05, 4.69) is 21.7 Å². The molecule has 1 atom stereocenters. The van der Waals surface area contributed by atoms with Crippen LogP contribution in [0.2, 0.25) is 0 Å². The average Bonchev–Trinajstić information content (AvgIpc) is 3.08. The topological polar surface area (TPSA) is 61.2 Å². The molecule has 0 aliphatic carbocycles. The third kappa shape index (κ3) is 3.66. The Kier molecular flexibility index (Phi) is 5.11. The van der Waals surface area contributed by atoms with Gasteiger partial charge in [0.25, 0.3) is 0 Å². The molecule has 5 rings (SSSR count). The third-order valence-corrected chi connectivity index (χ3v) is 7.30. The van der Waals surface area contributed by atoms with Crippen LogP contribution in [0.15, 0.2) is 65.7 Å². The van der Waals surface area contributed by atoms with E-state index in [1.807, 2.05) is 30.3 Å². The summed E-state index contributed by atoms with van der Waals surface area (Å²) in [5.74, 6) is 0.346. The van der Waals surface area contributed by atoms with Crippen molar-refractivity contribution in [1.29, 1.82) is 0 Å². The number of pyridine rings is 1. The molecule has 156 valence electrons. The van der Waals surface area contributed by atoms with Gasteiger partial charge in [-0.3, -0.25) is 4.98 Å². The highest BCUT2D eigenvalue weighted by Gasteiger charge is 2.30. The number of nitrogens with zero attached hydrogens (tertiary/aromatic N) is 2. The number of ether oxygens (including phenoxy) is 1. The summed E-state index contributed by atoms with van der Waals surface area (Å²) < 4.78 is 32.6. The lowest BCUT2D eigenvalue weighted by molar-refractivity contribution is 0.0553. The average molecular weight is 430 g/mol. The van der Waals surface area contributed by atoms with Gasteiger partial charge in [0.05, 0.1) is 27.5 Å². The second kappa shape index (κ2) is 7.81. The molecule has 0 saturated carbocycles. The first-order chi connectivity index (χ1) is 14.9. The van der Waals surface area contributed by atoms with Gasteiger partial charge in [0.15, 0.2) is 9.84 Å². The lowest BCUT2D eigenvalue weighted by Gasteiger charge is -2.33. The van der Waals surface area contributed by atoms with Crippen LogP contribution < -0.4 is 5.46 Å². The fourth-order valence-electron chi connectivity index (χ4n) is 4.74. The first kappa shape index (κ1) is 20.3. The van der Waals surface area contributed by atoms with Crippen LogP contribution in [-0.4, -0.2) is 45.3 Å². The maximum absolute atomic E-state index is 12.3. The number of fused-ring (bicyclic) bond motifs is 3. The molecule has 0 amide bonds. The molecule has 31 heavy (non-hydrogen) atoms. The summed E-state index contributed by atoms with van der Waals surface area (Å²) in [6, 6.07) is 17.6. The first-order valence-corrected chi connectivity index (χ1v) is 12.3. The molecule has 0 bridgehead atoms. The van der Waals surface area contributed by atoms with Gasteiger partial charge in [0.1, 0.15) is 7.85 Å². The molecule has 1 aliphatic heterocycles. The van der Waals surface area contributed by atoms with Gasteiger partial charge in [0, 0.05) is 31.1 Å². The predicted octanol–water partition coefficient (Wildman–Crippen LogP) is 3.40. The Bertz CT molecular complexity index is 1360. The van der Waals surface area contributed by atoms with Crippen molar-refractivity contribution in [3.8, 4) is 0 Å².